The number of hydrogen-bond acceptors (Lipinski definition) is 5. The zero-order valence-electron chi connectivity index (χ0n) is 13.0. The molecule has 1 aromatic heterocycles. The lowest BCUT2D eigenvalue weighted by atomic mass is 10.2. The van der Waals surface area contributed by atoms with Gasteiger partial charge in [-0.2, -0.15) is 0 Å². The monoisotopic (exact) mass is 326 g/mol. The van der Waals surface area contributed by atoms with Gasteiger partial charge in [-0.15, -0.1) is 11.3 Å². The molecule has 1 aromatic carbocycles. The first-order valence-electron chi connectivity index (χ1n) is 7.74. The highest BCUT2D eigenvalue weighted by Crippen LogP contribution is 2.39. The van der Waals surface area contributed by atoms with Gasteiger partial charge in [0.1, 0.15) is 10.8 Å². The molecule has 6 heteroatoms. The molecule has 2 aromatic rings. The summed E-state index contributed by atoms with van der Waals surface area (Å²) in [7, 11) is 0. The number of nitrogens with one attached hydrogen (secondary N) is 1. The van der Waals surface area contributed by atoms with Crippen LogP contribution in [0.25, 0.3) is 0 Å². The average molecular weight is 326 g/mol. The maximum atomic E-state index is 10.9. The van der Waals surface area contributed by atoms with E-state index in [1.54, 1.807) is 11.3 Å². The summed E-state index contributed by atoms with van der Waals surface area (Å²) >= 11 is 1.75. The number of benzene rings is 1. The third kappa shape index (κ3) is 2.59. The minimum atomic E-state index is 0.746. The van der Waals surface area contributed by atoms with Gasteiger partial charge in [-0.1, -0.05) is 12.1 Å². The fraction of sp³-hybridized carbons (Fsp3) is 0.294. The number of amides is 1. The number of piperazine rings is 1. The molecule has 23 heavy (non-hydrogen) atoms. The second-order valence-corrected chi connectivity index (χ2v) is 7.06. The molecule has 0 atom stereocenters. The van der Waals surface area contributed by atoms with E-state index in [0.717, 1.165) is 60.4 Å². The Hall–Kier alpha value is -2.34. The largest absolute Gasteiger partial charge is 0.352 e. The summed E-state index contributed by atoms with van der Waals surface area (Å²) in [6.07, 6.45) is 0.934. The molecular weight excluding hydrogens is 308 g/mol. The lowest BCUT2D eigenvalue weighted by Gasteiger charge is -2.34. The second kappa shape index (κ2) is 5.70. The van der Waals surface area contributed by atoms with Crippen molar-refractivity contribution in [3.05, 3.63) is 40.8 Å². The maximum Gasteiger partial charge on any atom is 0.209 e. The van der Waals surface area contributed by atoms with Gasteiger partial charge in [-0.05, 0) is 25.1 Å². The van der Waals surface area contributed by atoms with Crippen LogP contribution in [0.3, 0.4) is 0 Å². The minimum absolute atomic E-state index is 0.746. The standard InChI is InChI=1S/C17H18N4OS/c1-12-10-13-16(21-8-6-20(11-22)7-9-21)18-14-4-2-3-5-15(14)19-17(13)23-12/h2-5,10-11,19H,6-9H2,1H3. The summed E-state index contributed by atoms with van der Waals surface area (Å²) in [4.78, 5) is 21.3. The number of aliphatic imine (C=N–C) groups is 1. The Bertz CT molecular complexity index is 775. The predicted molar refractivity (Wildman–Crippen MR) is 94.2 cm³/mol. The Morgan fingerprint density at radius 2 is 2.00 bits per heavy atom. The number of aryl methyl sites for hydroxylation is 1. The van der Waals surface area contributed by atoms with E-state index >= 15 is 0 Å². The highest BCUT2D eigenvalue weighted by molar-refractivity contribution is 7.16. The van der Waals surface area contributed by atoms with Crippen molar-refractivity contribution in [2.45, 2.75) is 6.92 Å². The molecule has 0 saturated carbocycles. The number of carbonyl (C=O) groups excluding carboxylic acids is 1. The number of para-hydroxylation sites is 2. The molecule has 4 rings (SSSR count). The van der Waals surface area contributed by atoms with E-state index in [9.17, 15) is 4.79 Å². The van der Waals surface area contributed by atoms with Gasteiger partial charge in [0.15, 0.2) is 0 Å². The third-order valence-electron chi connectivity index (χ3n) is 4.24. The fourth-order valence-electron chi connectivity index (χ4n) is 3.03. The molecule has 118 valence electrons. The van der Waals surface area contributed by atoms with Crippen LogP contribution in [0.1, 0.15) is 10.4 Å². The zero-order chi connectivity index (χ0) is 15.8. The van der Waals surface area contributed by atoms with Crippen LogP contribution >= 0.6 is 11.3 Å². The van der Waals surface area contributed by atoms with Gasteiger partial charge in [0.05, 0.1) is 16.9 Å². The molecular formula is C17H18N4OS. The Balaban J connectivity index is 1.76. The molecule has 1 N–H and O–H groups in total. The maximum absolute atomic E-state index is 10.9. The van der Waals surface area contributed by atoms with Crippen LogP contribution in [0, 0.1) is 6.92 Å². The van der Waals surface area contributed by atoms with Crippen molar-refractivity contribution in [1.82, 2.24) is 9.80 Å². The summed E-state index contributed by atoms with van der Waals surface area (Å²) in [5, 5.41) is 4.67. The third-order valence-corrected chi connectivity index (χ3v) is 5.20. The number of anilines is 2. The highest BCUT2D eigenvalue weighted by Gasteiger charge is 2.25. The number of rotatable bonds is 1. The molecule has 1 amide bonds. The van der Waals surface area contributed by atoms with Crippen molar-refractivity contribution < 1.29 is 4.79 Å². The molecule has 0 aliphatic carbocycles. The quantitative estimate of drug-likeness (QED) is 0.820. The van der Waals surface area contributed by atoms with E-state index in [1.807, 2.05) is 23.1 Å². The van der Waals surface area contributed by atoms with Crippen LogP contribution in [0.15, 0.2) is 35.3 Å². The van der Waals surface area contributed by atoms with E-state index < -0.39 is 0 Å². The van der Waals surface area contributed by atoms with Crippen molar-refractivity contribution >= 4 is 40.0 Å². The first kappa shape index (κ1) is 14.3. The summed E-state index contributed by atoms with van der Waals surface area (Å²) < 4.78 is 0. The fourth-order valence-corrected chi connectivity index (χ4v) is 3.95. The van der Waals surface area contributed by atoms with E-state index in [0.29, 0.717) is 0 Å². The van der Waals surface area contributed by atoms with E-state index in [1.165, 1.54) is 4.88 Å². The summed E-state index contributed by atoms with van der Waals surface area (Å²) in [6, 6.07) is 10.3. The van der Waals surface area contributed by atoms with Crippen LogP contribution in [-0.2, 0) is 4.79 Å². The number of fused-ring (bicyclic) bond motifs is 2. The van der Waals surface area contributed by atoms with Gasteiger partial charge in [-0.3, -0.25) is 4.79 Å². The number of thiophene rings is 1. The molecule has 1 saturated heterocycles. The van der Waals surface area contributed by atoms with Crippen molar-refractivity contribution in [2.75, 3.05) is 31.5 Å². The van der Waals surface area contributed by atoms with Gasteiger partial charge in [0.25, 0.3) is 0 Å². The van der Waals surface area contributed by atoms with E-state index in [-0.39, 0.29) is 0 Å². The summed E-state index contributed by atoms with van der Waals surface area (Å²) in [5.41, 5.74) is 3.15. The van der Waals surface area contributed by atoms with Crippen LogP contribution in [0.4, 0.5) is 16.4 Å². The highest BCUT2D eigenvalue weighted by atomic mass is 32.1. The Labute approximate surface area is 139 Å². The minimum Gasteiger partial charge on any atom is -0.352 e. The van der Waals surface area contributed by atoms with E-state index in [2.05, 4.69) is 29.3 Å². The van der Waals surface area contributed by atoms with Gasteiger partial charge in [0.2, 0.25) is 6.41 Å². The van der Waals surface area contributed by atoms with Crippen molar-refractivity contribution in [3.8, 4) is 0 Å². The smallest absolute Gasteiger partial charge is 0.209 e. The number of carbonyl (C=O) groups is 1. The summed E-state index contributed by atoms with van der Waals surface area (Å²) in [6.45, 7) is 5.24. The first-order chi connectivity index (χ1) is 11.2. The van der Waals surface area contributed by atoms with Crippen molar-refractivity contribution in [1.29, 1.82) is 0 Å². The molecule has 0 spiro atoms. The predicted octanol–water partition coefficient (Wildman–Crippen LogP) is 2.97. The first-order valence-corrected chi connectivity index (χ1v) is 8.56. The van der Waals surface area contributed by atoms with Gasteiger partial charge >= 0.3 is 0 Å². The van der Waals surface area contributed by atoms with Crippen molar-refractivity contribution in [3.63, 3.8) is 0 Å². The average Bonchev–Trinajstić information content (AvgIpc) is 2.87. The Kier molecular flexibility index (Phi) is 3.53. The van der Waals surface area contributed by atoms with Crippen molar-refractivity contribution in [2.24, 2.45) is 4.99 Å². The molecule has 3 heterocycles. The second-order valence-electron chi connectivity index (χ2n) is 5.81. The number of hydrogen-bond donors (Lipinski definition) is 1. The van der Waals surface area contributed by atoms with Crippen LogP contribution < -0.4 is 5.32 Å². The molecule has 1 fully saturated rings. The normalized spacial score (nSPS) is 16.8. The van der Waals surface area contributed by atoms with Crippen LogP contribution in [-0.4, -0.2) is 48.2 Å². The SMILES string of the molecule is Cc1cc2c(s1)Nc1ccccc1N=C2N1CCN(C=O)CC1. The van der Waals surface area contributed by atoms with E-state index in [4.69, 9.17) is 4.99 Å². The number of amidine groups is 1. The Morgan fingerprint density at radius 3 is 2.78 bits per heavy atom. The molecule has 2 aliphatic rings. The zero-order valence-corrected chi connectivity index (χ0v) is 13.8. The van der Waals surface area contributed by atoms with Crippen LogP contribution in [0.5, 0.6) is 0 Å². The van der Waals surface area contributed by atoms with Gasteiger partial charge in [-0.25, -0.2) is 4.99 Å². The van der Waals surface area contributed by atoms with Gasteiger partial charge in [0, 0.05) is 31.1 Å². The Morgan fingerprint density at radius 1 is 1.22 bits per heavy atom. The van der Waals surface area contributed by atoms with Gasteiger partial charge < -0.3 is 15.1 Å². The molecule has 5 nitrogen and oxygen atoms in total. The lowest BCUT2D eigenvalue weighted by Crippen LogP contribution is -2.48. The molecule has 0 radical (unpaired) electrons. The number of nitrogens with zero attached hydrogens (tertiary/aromatic N) is 3. The molecule has 0 bridgehead atoms. The topological polar surface area (TPSA) is 47.9 Å². The summed E-state index contributed by atoms with van der Waals surface area (Å²) in [5.74, 6) is 1.01. The lowest BCUT2D eigenvalue weighted by molar-refractivity contribution is -0.119. The molecule has 2 aliphatic heterocycles. The van der Waals surface area contributed by atoms with Crippen LogP contribution in [0.2, 0.25) is 0 Å². The molecule has 0 unspecified atom stereocenters.